The second-order valence-corrected chi connectivity index (χ2v) is 8.31. The van der Waals surface area contributed by atoms with Crippen molar-refractivity contribution in [1.29, 1.82) is 0 Å². The zero-order valence-electron chi connectivity index (χ0n) is 18.0. The number of rotatable bonds is 6. The largest absolute Gasteiger partial charge is 0.325 e. The van der Waals surface area contributed by atoms with Crippen molar-refractivity contribution in [2.24, 2.45) is 4.99 Å². The highest BCUT2D eigenvalue weighted by Gasteiger charge is 2.36. The molecule has 33 heavy (non-hydrogen) atoms. The van der Waals surface area contributed by atoms with Crippen LogP contribution in [0.25, 0.3) is 0 Å². The number of non-ortho nitro benzene ring substituents is 1. The van der Waals surface area contributed by atoms with Crippen molar-refractivity contribution in [1.82, 2.24) is 9.88 Å². The minimum atomic E-state index is -0.708. The van der Waals surface area contributed by atoms with E-state index in [0.717, 1.165) is 25.3 Å². The third-order valence-electron chi connectivity index (χ3n) is 6.07. The fraction of sp³-hybridized carbons (Fsp3) is 0.240. The highest BCUT2D eigenvalue weighted by atomic mass is 16.6. The molecule has 0 saturated carbocycles. The molecule has 0 aliphatic carbocycles. The van der Waals surface area contributed by atoms with Crippen molar-refractivity contribution in [2.45, 2.75) is 25.3 Å². The van der Waals surface area contributed by atoms with E-state index in [1.165, 1.54) is 30.5 Å². The smallest absolute Gasteiger partial charge is 0.271 e. The van der Waals surface area contributed by atoms with Crippen LogP contribution >= 0.6 is 0 Å². The van der Waals surface area contributed by atoms with Crippen molar-refractivity contribution in [2.75, 3.05) is 18.4 Å². The minimum Gasteiger partial charge on any atom is -0.325 e. The molecule has 8 heteroatoms. The van der Waals surface area contributed by atoms with Gasteiger partial charge >= 0.3 is 0 Å². The molecule has 0 spiro atoms. The van der Waals surface area contributed by atoms with Crippen molar-refractivity contribution < 1.29 is 9.72 Å². The molecule has 1 N–H and O–H groups in total. The number of aliphatic imine (C=N–C) groups is 1. The van der Waals surface area contributed by atoms with Gasteiger partial charge in [-0.05, 0) is 67.4 Å². The number of carbonyl (C=O) groups is 1. The van der Waals surface area contributed by atoms with Gasteiger partial charge in [-0.3, -0.25) is 24.8 Å². The Morgan fingerprint density at radius 2 is 1.91 bits per heavy atom. The number of hydrogen-bond acceptors (Lipinski definition) is 6. The molecular formula is C25H23N5O3. The molecule has 2 aliphatic heterocycles. The van der Waals surface area contributed by atoms with Crippen molar-refractivity contribution in [3.63, 3.8) is 0 Å². The summed E-state index contributed by atoms with van der Waals surface area (Å²) in [5.41, 5.74) is 4.07. The molecule has 3 heterocycles. The number of amides is 1. The standard InChI is InChI=1S/C25H23N5O3/c31-25-23(20-11-10-19(30(32)33)15-22(20)28-25)24(21-5-1-2-12-26-21)27-18-8-6-17(7-9-18)16-29-13-3-4-14-29/h1-2,5-12,15,23H,3-4,13-14,16H2,(H,28,31). The normalized spacial score (nSPS) is 18.2. The molecule has 1 unspecified atom stereocenters. The highest BCUT2D eigenvalue weighted by Crippen LogP contribution is 2.38. The van der Waals surface area contributed by atoms with E-state index in [4.69, 9.17) is 4.99 Å². The Kier molecular flexibility index (Phi) is 5.66. The Morgan fingerprint density at radius 1 is 1.12 bits per heavy atom. The van der Waals surface area contributed by atoms with Gasteiger partial charge in [0.2, 0.25) is 5.91 Å². The van der Waals surface area contributed by atoms with Crippen LogP contribution in [0.15, 0.2) is 71.9 Å². The highest BCUT2D eigenvalue weighted by molar-refractivity contribution is 6.23. The van der Waals surface area contributed by atoms with Crippen molar-refractivity contribution in [3.05, 3.63) is 93.8 Å². The van der Waals surface area contributed by atoms with E-state index in [-0.39, 0.29) is 11.6 Å². The molecule has 3 aromatic rings. The fourth-order valence-corrected chi connectivity index (χ4v) is 4.43. The maximum atomic E-state index is 13.0. The number of aromatic nitrogens is 1. The predicted molar refractivity (Wildman–Crippen MR) is 126 cm³/mol. The van der Waals surface area contributed by atoms with Gasteiger partial charge in [0.05, 0.1) is 27.7 Å². The zero-order chi connectivity index (χ0) is 22.8. The van der Waals surface area contributed by atoms with Crippen molar-refractivity contribution >= 4 is 28.7 Å². The summed E-state index contributed by atoms with van der Waals surface area (Å²) in [6.45, 7) is 3.20. The van der Waals surface area contributed by atoms with E-state index in [1.54, 1.807) is 18.3 Å². The van der Waals surface area contributed by atoms with Crippen LogP contribution in [0, 0.1) is 10.1 Å². The number of nitrogens with zero attached hydrogens (tertiary/aromatic N) is 4. The van der Waals surface area contributed by atoms with E-state index < -0.39 is 10.8 Å². The van der Waals surface area contributed by atoms with Crippen LogP contribution in [0.2, 0.25) is 0 Å². The van der Waals surface area contributed by atoms with Crippen LogP contribution in [0.3, 0.4) is 0 Å². The Bertz CT molecular complexity index is 1220. The summed E-state index contributed by atoms with van der Waals surface area (Å²) in [6.07, 6.45) is 4.17. The number of fused-ring (bicyclic) bond motifs is 1. The lowest BCUT2D eigenvalue weighted by atomic mass is 9.92. The van der Waals surface area contributed by atoms with Gasteiger partial charge in [0.15, 0.2) is 0 Å². The molecule has 0 bridgehead atoms. The van der Waals surface area contributed by atoms with E-state index in [9.17, 15) is 14.9 Å². The second kappa shape index (κ2) is 8.91. The Hall–Kier alpha value is -3.91. The van der Waals surface area contributed by atoms with Gasteiger partial charge in [-0.25, -0.2) is 4.99 Å². The molecule has 0 radical (unpaired) electrons. The number of carbonyl (C=O) groups excluding carboxylic acids is 1. The number of hydrogen-bond donors (Lipinski definition) is 1. The van der Waals surface area contributed by atoms with Crippen LogP contribution in [-0.2, 0) is 11.3 Å². The van der Waals surface area contributed by atoms with Gasteiger partial charge in [0.1, 0.15) is 5.92 Å². The molecule has 1 aromatic heterocycles. The van der Waals surface area contributed by atoms with Crippen LogP contribution in [0.5, 0.6) is 0 Å². The number of anilines is 1. The van der Waals surface area contributed by atoms with Crippen LogP contribution in [0.4, 0.5) is 17.1 Å². The van der Waals surface area contributed by atoms with Gasteiger partial charge in [-0.15, -0.1) is 0 Å². The molecule has 1 saturated heterocycles. The summed E-state index contributed by atoms with van der Waals surface area (Å²) in [5.74, 6) is -0.986. The molecule has 1 amide bonds. The molecular weight excluding hydrogens is 418 g/mol. The molecule has 8 nitrogen and oxygen atoms in total. The average Bonchev–Trinajstić information content (AvgIpc) is 3.45. The van der Waals surface area contributed by atoms with E-state index in [2.05, 4.69) is 27.3 Å². The number of nitro groups is 1. The number of pyridine rings is 1. The van der Waals surface area contributed by atoms with Crippen LogP contribution in [-0.4, -0.2) is 39.5 Å². The third-order valence-corrected chi connectivity index (χ3v) is 6.07. The summed E-state index contributed by atoms with van der Waals surface area (Å²) in [4.78, 5) is 35.4. The Labute approximate surface area is 191 Å². The van der Waals surface area contributed by atoms with Gasteiger partial charge in [0.25, 0.3) is 5.69 Å². The second-order valence-electron chi connectivity index (χ2n) is 8.31. The van der Waals surface area contributed by atoms with E-state index in [0.29, 0.717) is 22.7 Å². The number of benzene rings is 2. The summed E-state index contributed by atoms with van der Waals surface area (Å²) in [6, 6.07) is 17.9. The lowest BCUT2D eigenvalue weighted by Crippen LogP contribution is -2.22. The molecule has 5 rings (SSSR count). The maximum absolute atomic E-state index is 13.0. The Balaban J connectivity index is 1.51. The van der Waals surface area contributed by atoms with E-state index >= 15 is 0 Å². The SMILES string of the molecule is O=C1Nc2cc([N+](=O)[O-])ccc2C1C(=Nc1ccc(CN2CCCC2)cc1)c1ccccn1. The van der Waals surface area contributed by atoms with Gasteiger partial charge in [-0.1, -0.05) is 18.2 Å². The van der Waals surface area contributed by atoms with Gasteiger partial charge < -0.3 is 5.32 Å². The number of likely N-dealkylation sites (tertiary alicyclic amines) is 1. The predicted octanol–water partition coefficient (Wildman–Crippen LogP) is 4.44. The van der Waals surface area contributed by atoms with Crippen molar-refractivity contribution in [3.8, 4) is 0 Å². The summed E-state index contributed by atoms with van der Waals surface area (Å²) >= 11 is 0. The van der Waals surface area contributed by atoms with Crippen LogP contribution < -0.4 is 5.32 Å². The van der Waals surface area contributed by atoms with Crippen LogP contribution in [0.1, 0.15) is 35.6 Å². The lowest BCUT2D eigenvalue weighted by Gasteiger charge is -2.15. The van der Waals surface area contributed by atoms with Gasteiger partial charge in [0, 0.05) is 24.9 Å². The third kappa shape index (κ3) is 4.38. The summed E-state index contributed by atoms with van der Waals surface area (Å²) in [7, 11) is 0. The number of nitrogens with one attached hydrogen (secondary N) is 1. The quantitative estimate of drug-likeness (QED) is 0.346. The monoisotopic (exact) mass is 441 g/mol. The summed E-state index contributed by atoms with van der Waals surface area (Å²) < 4.78 is 0. The van der Waals surface area contributed by atoms with Gasteiger partial charge in [-0.2, -0.15) is 0 Å². The van der Waals surface area contributed by atoms with E-state index in [1.807, 2.05) is 24.3 Å². The first kappa shape index (κ1) is 21.0. The molecule has 166 valence electrons. The lowest BCUT2D eigenvalue weighted by molar-refractivity contribution is -0.384. The molecule has 1 atom stereocenters. The fourth-order valence-electron chi connectivity index (χ4n) is 4.43. The minimum absolute atomic E-state index is 0.0698. The Morgan fingerprint density at radius 3 is 2.61 bits per heavy atom. The zero-order valence-corrected chi connectivity index (χ0v) is 18.0. The first-order valence-electron chi connectivity index (χ1n) is 11.0. The molecule has 2 aliphatic rings. The molecule has 2 aromatic carbocycles. The first-order chi connectivity index (χ1) is 16.1. The maximum Gasteiger partial charge on any atom is 0.271 e. The average molecular weight is 441 g/mol. The summed E-state index contributed by atoms with van der Waals surface area (Å²) in [5, 5.41) is 13.9. The molecule has 1 fully saturated rings. The topological polar surface area (TPSA) is 101 Å². The number of nitro benzene ring substituents is 1. The first-order valence-corrected chi connectivity index (χ1v) is 11.0.